The Hall–Kier alpha value is -0.950. The van der Waals surface area contributed by atoms with E-state index in [4.69, 9.17) is 5.11 Å². The maximum atomic E-state index is 11.2. The van der Waals surface area contributed by atoms with E-state index in [1.54, 1.807) is 12.3 Å². The Morgan fingerprint density at radius 3 is 2.71 bits per heavy atom. The van der Waals surface area contributed by atoms with E-state index in [9.17, 15) is 13.2 Å². The fraction of sp³-hybridized carbons (Fsp3) is 0.429. The molecule has 1 heterocycles. The summed E-state index contributed by atoms with van der Waals surface area (Å²) in [5, 5.41) is 10.7. The van der Waals surface area contributed by atoms with Crippen molar-refractivity contribution in [1.29, 1.82) is 0 Å². The van der Waals surface area contributed by atoms with Crippen LogP contribution in [-0.4, -0.2) is 30.2 Å². The SMILES string of the molecule is Cc1nc(CS(=O)(=O)CC(=O)O)cs1. The Balaban J connectivity index is 2.73. The average Bonchev–Trinajstić information content (AvgIpc) is 2.30. The first-order chi connectivity index (χ1) is 6.39. The van der Waals surface area contributed by atoms with E-state index in [0.717, 1.165) is 5.01 Å². The summed E-state index contributed by atoms with van der Waals surface area (Å²) in [5.41, 5.74) is 0.411. The number of rotatable bonds is 4. The molecule has 0 atom stereocenters. The Kier molecular flexibility index (Phi) is 3.22. The molecule has 14 heavy (non-hydrogen) atoms. The number of carboxylic acid groups (broad SMARTS) is 1. The molecular formula is C7H9NO4S2. The average molecular weight is 235 g/mol. The minimum atomic E-state index is -3.58. The maximum absolute atomic E-state index is 11.2. The number of carboxylic acids is 1. The van der Waals surface area contributed by atoms with Gasteiger partial charge in [-0.05, 0) is 6.92 Å². The van der Waals surface area contributed by atoms with E-state index < -0.39 is 21.6 Å². The van der Waals surface area contributed by atoms with E-state index in [-0.39, 0.29) is 5.75 Å². The summed E-state index contributed by atoms with van der Waals surface area (Å²) in [5.74, 6) is -2.48. The highest BCUT2D eigenvalue weighted by Gasteiger charge is 2.17. The smallest absolute Gasteiger partial charge is 0.318 e. The number of carbonyl (C=O) groups is 1. The minimum absolute atomic E-state index is 0.302. The van der Waals surface area contributed by atoms with Gasteiger partial charge in [-0.1, -0.05) is 0 Å². The third-order valence-corrected chi connectivity index (χ3v) is 3.62. The summed E-state index contributed by atoms with van der Waals surface area (Å²) in [7, 11) is -3.58. The van der Waals surface area contributed by atoms with Crippen LogP contribution in [0.1, 0.15) is 10.7 Å². The van der Waals surface area contributed by atoms with E-state index in [0.29, 0.717) is 5.69 Å². The van der Waals surface area contributed by atoms with Crippen molar-refractivity contribution in [3.8, 4) is 0 Å². The van der Waals surface area contributed by atoms with E-state index in [1.165, 1.54) is 11.3 Å². The predicted molar refractivity (Wildman–Crippen MR) is 52.0 cm³/mol. The normalized spacial score (nSPS) is 11.5. The lowest BCUT2D eigenvalue weighted by Gasteiger charge is -1.97. The summed E-state index contributed by atoms with van der Waals surface area (Å²) >= 11 is 1.34. The van der Waals surface area contributed by atoms with Gasteiger partial charge in [0.1, 0.15) is 5.75 Å². The predicted octanol–water partition coefficient (Wildman–Crippen LogP) is 0.451. The summed E-state index contributed by atoms with van der Waals surface area (Å²) in [6.07, 6.45) is 0. The fourth-order valence-electron chi connectivity index (χ4n) is 0.939. The topological polar surface area (TPSA) is 84.3 Å². The van der Waals surface area contributed by atoms with Crippen LogP contribution in [0.15, 0.2) is 5.38 Å². The zero-order valence-corrected chi connectivity index (χ0v) is 9.06. The number of nitrogens with zero attached hydrogens (tertiary/aromatic N) is 1. The molecule has 0 bridgehead atoms. The Bertz CT molecular complexity index is 434. The molecule has 1 rings (SSSR count). The molecule has 1 aromatic heterocycles. The maximum Gasteiger partial charge on any atom is 0.318 e. The van der Waals surface area contributed by atoms with E-state index in [1.807, 2.05) is 0 Å². The molecular weight excluding hydrogens is 226 g/mol. The minimum Gasteiger partial charge on any atom is -0.480 e. The van der Waals surface area contributed by atoms with Gasteiger partial charge >= 0.3 is 5.97 Å². The van der Waals surface area contributed by atoms with Crippen LogP contribution in [-0.2, 0) is 20.4 Å². The van der Waals surface area contributed by atoms with Gasteiger partial charge in [-0.2, -0.15) is 0 Å². The number of aryl methyl sites for hydroxylation is 1. The van der Waals surface area contributed by atoms with Crippen LogP contribution in [0.3, 0.4) is 0 Å². The molecule has 1 aromatic rings. The van der Waals surface area contributed by atoms with Crippen LogP contribution in [0.5, 0.6) is 0 Å². The van der Waals surface area contributed by atoms with Crippen molar-refractivity contribution in [2.45, 2.75) is 12.7 Å². The second-order valence-corrected chi connectivity index (χ2v) is 5.91. The standard InChI is InChI=1S/C7H9NO4S2/c1-5-8-6(2-13-5)3-14(11,12)4-7(9)10/h2H,3-4H2,1H3,(H,9,10). The summed E-state index contributed by atoms with van der Waals surface area (Å²) in [6, 6.07) is 0. The van der Waals surface area contributed by atoms with Gasteiger partial charge in [0.15, 0.2) is 9.84 Å². The lowest BCUT2D eigenvalue weighted by molar-refractivity contribution is -0.134. The van der Waals surface area contributed by atoms with Crippen LogP contribution < -0.4 is 0 Å². The first-order valence-electron chi connectivity index (χ1n) is 3.72. The number of thiazole rings is 1. The molecule has 0 spiro atoms. The van der Waals surface area contributed by atoms with Crippen molar-refractivity contribution in [3.63, 3.8) is 0 Å². The molecule has 0 unspecified atom stereocenters. The van der Waals surface area contributed by atoms with Gasteiger partial charge < -0.3 is 5.11 Å². The van der Waals surface area contributed by atoms with Gasteiger partial charge in [-0.3, -0.25) is 4.79 Å². The molecule has 0 aromatic carbocycles. The molecule has 0 aliphatic rings. The summed E-state index contributed by atoms with van der Waals surface area (Å²) in [4.78, 5) is 14.2. The first kappa shape index (κ1) is 11.1. The first-order valence-corrected chi connectivity index (χ1v) is 6.42. The highest BCUT2D eigenvalue weighted by molar-refractivity contribution is 7.91. The van der Waals surface area contributed by atoms with Crippen LogP contribution in [0.25, 0.3) is 0 Å². The number of sulfone groups is 1. The van der Waals surface area contributed by atoms with Crippen molar-refractivity contribution in [2.24, 2.45) is 0 Å². The Morgan fingerprint density at radius 1 is 1.64 bits per heavy atom. The van der Waals surface area contributed by atoms with Crippen LogP contribution in [0.2, 0.25) is 0 Å². The van der Waals surface area contributed by atoms with Gasteiger partial charge in [-0.25, -0.2) is 13.4 Å². The van der Waals surface area contributed by atoms with Crippen molar-refractivity contribution in [2.75, 3.05) is 5.75 Å². The quantitative estimate of drug-likeness (QED) is 0.819. The van der Waals surface area contributed by atoms with Gasteiger partial charge in [0, 0.05) is 5.38 Å². The van der Waals surface area contributed by atoms with Crippen molar-refractivity contribution in [3.05, 3.63) is 16.1 Å². The molecule has 5 nitrogen and oxygen atoms in total. The fourth-order valence-corrected chi connectivity index (χ4v) is 2.73. The van der Waals surface area contributed by atoms with E-state index >= 15 is 0 Å². The zero-order chi connectivity index (χ0) is 10.8. The number of aromatic nitrogens is 1. The molecule has 0 saturated heterocycles. The zero-order valence-electron chi connectivity index (χ0n) is 7.43. The summed E-state index contributed by atoms with van der Waals surface area (Å²) < 4.78 is 22.4. The molecule has 0 radical (unpaired) electrons. The van der Waals surface area contributed by atoms with Crippen molar-refractivity contribution in [1.82, 2.24) is 4.98 Å². The number of aliphatic carboxylic acids is 1. The van der Waals surface area contributed by atoms with Crippen LogP contribution >= 0.6 is 11.3 Å². The Labute approximate surface area is 85.3 Å². The highest BCUT2D eigenvalue weighted by atomic mass is 32.2. The van der Waals surface area contributed by atoms with Crippen LogP contribution in [0, 0.1) is 6.92 Å². The second kappa shape index (κ2) is 4.05. The summed E-state index contributed by atoms with van der Waals surface area (Å²) in [6.45, 7) is 1.76. The number of hydrogen-bond donors (Lipinski definition) is 1. The van der Waals surface area contributed by atoms with Gasteiger partial charge in [0.05, 0.1) is 16.5 Å². The van der Waals surface area contributed by atoms with Gasteiger partial charge in [0.2, 0.25) is 0 Å². The highest BCUT2D eigenvalue weighted by Crippen LogP contribution is 2.11. The largest absolute Gasteiger partial charge is 0.480 e. The molecule has 78 valence electrons. The monoisotopic (exact) mass is 235 g/mol. The number of hydrogen-bond acceptors (Lipinski definition) is 5. The lowest BCUT2D eigenvalue weighted by atomic mass is 10.6. The second-order valence-electron chi connectivity index (χ2n) is 2.78. The van der Waals surface area contributed by atoms with Crippen molar-refractivity contribution < 1.29 is 18.3 Å². The van der Waals surface area contributed by atoms with Gasteiger partial charge in [-0.15, -0.1) is 11.3 Å². The van der Waals surface area contributed by atoms with E-state index in [2.05, 4.69) is 4.98 Å². The van der Waals surface area contributed by atoms with Crippen molar-refractivity contribution >= 4 is 27.1 Å². The molecule has 0 amide bonds. The molecule has 0 fully saturated rings. The molecule has 7 heteroatoms. The van der Waals surface area contributed by atoms with Gasteiger partial charge in [0.25, 0.3) is 0 Å². The third kappa shape index (κ3) is 3.43. The molecule has 1 N–H and O–H groups in total. The molecule has 0 aliphatic carbocycles. The molecule has 0 saturated carbocycles. The third-order valence-electron chi connectivity index (χ3n) is 1.38. The van der Waals surface area contributed by atoms with Crippen LogP contribution in [0.4, 0.5) is 0 Å². The molecule has 0 aliphatic heterocycles. The lowest BCUT2D eigenvalue weighted by Crippen LogP contribution is -2.17. The Morgan fingerprint density at radius 2 is 2.29 bits per heavy atom.